The second-order valence-electron chi connectivity index (χ2n) is 5.17. The minimum Gasteiger partial charge on any atom is -0.444 e. The zero-order valence-electron chi connectivity index (χ0n) is 12.3. The van der Waals surface area contributed by atoms with Crippen molar-refractivity contribution >= 4 is 23.3 Å². The van der Waals surface area contributed by atoms with Crippen LogP contribution in [0, 0.1) is 5.82 Å². The van der Waals surface area contributed by atoms with Gasteiger partial charge in [-0.1, -0.05) is 0 Å². The van der Waals surface area contributed by atoms with Crippen LogP contribution >= 0.6 is 0 Å². The van der Waals surface area contributed by atoms with Crippen LogP contribution in [0.15, 0.2) is 18.2 Å². The Morgan fingerprint density at radius 2 is 2.32 bits per heavy atom. The summed E-state index contributed by atoms with van der Waals surface area (Å²) in [6.45, 7) is 1.93. The highest BCUT2D eigenvalue weighted by Gasteiger charge is 2.32. The van der Waals surface area contributed by atoms with Crippen LogP contribution in [0.25, 0.3) is 0 Å². The summed E-state index contributed by atoms with van der Waals surface area (Å²) in [7, 11) is 0. The maximum absolute atomic E-state index is 13.9. The van der Waals surface area contributed by atoms with E-state index in [2.05, 4.69) is 5.32 Å². The SMILES string of the molecule is CC(=O)CC[C@H]1CN(c2ccc(NCCO)c(F)c2)C(=O)O1. The molecule has 1 aromatic rings. The molecule has 0 aliphatic carbocycles. The largest absolute Gasteiger partial charge is 0.444 e. The summed E-state index contributed by atoms with van der Waals surface area (Å²) in [5, 5.41) is 11.5. The number of amides is 1. The number of ketones is 1. The number of aliphatic hydroxyl groups is 1. The van der Waals surface area contributed by atoms with Crippen LogP contribution < -0.4 is 10.2 Å². The van der Waals surface area contributed by atoms with E-state index in [1.54, 1.807) is 6.07 Å². The molecule has 120 valence electrons. The fourth-order valence-electron chi connectivity index (χ4n) is 2.25. The number of carbonyl (C=O) groups excluding carboxylic acids is 2. The van der Waals surface area contributed by atoms with Gasteiger partial charge in [0, 0.05) is 13.0 Å². The van der Waals surface area contributed by atoms with E-state index >= 15 is 0 Å². The molecule has 1 aliphatic rings. The van der Waals surface area contributed by atoms with Gasteiger partial charge < -0.3 is 20.0 Å². The number of rotatable bonds is 7. The van der Waals surface area contributed by atoms with Gasteiger partial charge in [-0.3, -0.25) is 4.90 Å². The lowest BCUT2D eigenvalue weighted by molar-refractivity contribution is -0.117. The number of Topliss-reactive ketones (excluding diaryl/α,β-unsaturated/α-hetero) is 1. The van der Waals surface area contributed by atoms with E-state index in [0.717, 1.165) is 0 Å². The lowest BCUT2D eigenvalue weighted by Gasteiger charge is -2.14. The number of carbonyl (C=O) groups is 2. The number of nitrogens with zero attached hydrogens (tertiary/aromatic N) is 1. The molecule has 22 heavy (non-hydrogen) atoms. The topological polar surface area (TPSA) is 78.9 Å². The summed E-state index contributed by atoms with van der Waals surface area (Å²) in [5.74, 6) is -0.467. The van der Waals surface area contributed by atoms with Crippen molar-refractivity contribution in [2.75, 3.05) is 29.9 Å². The van der Waals surface area contributed by atoms with Crippen molar-refractivity contribution < 1.29 is 23.8 Å². The fraction of sp³-hybridized carbons (Fsp3) is 0.467. The van der Waals surface area contributed by atoms with Crippen molar-refractivity contribution in [2.24, 2.45) is 0 Å². The van der Waals surface area contributed by atoms with Gasteiger partial charge in [0.1, 0.15) is 17.7 Å². The second-order valence-corrected chi connectivity index (χ2v) is 5.17. The molecule has 1 amide bonds. The molecule has 0 spiro atoms. The third-order valence-electron chi connectivity index (χ3n) is 3.38. The van der Waals surface area contributed by atoms with E-state index in [1.165, 1.54) is 24.0 Å². The van der Waals surface area contributed by atoms with Gasteiger partial charge in [0.05, 0.1) is 24.5 Å². The Labute approximate surface area is 127 Å². The molecule has 0 unspecified atom stereocenters. The third kappa shape index (κ3) is 3.94. The molecule has 6 nitrogen and oxygen atoms in total. The number of hydrogen-bond acceptors (Lipinski definition) is 5. The van der Waals surface area contributed by atoms with Gasteiger partial charge in [-0.2, -0.15) is 0 Å². The maximum Gasteiger partial charge on any atom is 0.414 e. The van der Waals surface area contributed by atoms with Crippen LogP contribution in [-0.4, -0.2) is 42.8 Å². The number of halogens is 1. The Kier molecular flexibility index (Phi) is 5.32. The van der Waals surface area contributed by atoms with E-state index in [4.69, 9.17) is 9.84 Å². The number of ether oxygens (including phenoxy) is 1. The molecule has 1 fully saturated rings. The average molecular weight is 310 g/mol. The predicted molar refractivity (Wildman–Crippen MR) is 79.5 cm³/mol. The molecule has 0 saturated carbocycles. The van der Waals surface area contributed by atoms with E-state index in [1.807, 2.05) is 0 Å². The zero-order chi connectivity index (χ0) is 16.1. The van der Waals surface area contributed by atoms with Crippen molar-refractivity contribution in [2.45, 2.75) is 25.9 Å². The first-order valence-electron chi connectivity index (χ1n) is 7.13. The molecular weight excluding hydrogens is 291 g/mol. The molecular formula is C15H19FN2O4. The molecule has 7 heteroatoms. The van der Waals surface area contributed by atoms with Crippen LogP contribution in [0.3, 0.4) is 0 Å². The maximum atomic E-state index is 13.9. The van der Waals surface area contributed by atoms with E-state index in [-0.39, 0.29) is 30.7 Å². The standard InChI is InChI=1S/C15H19FN2O4/c1-10(20)2-4-12-9-18(15(21)22-12)11-3-5-14(13(16)8-11)17-6-7-19/h3,5,8,12,17,19H,2,4,6-7,9H2,1H3/t12-/m0/s1. The first kappa shape index (κ1) is 16.2. The lowest BCUT2D eigenvalue weighted by Crippen LogP contribution is -2.24. The fourth-order valence-corrected chi connectivity index (χ4v) is 2.25. The number of hydrogen-bond donors (Lipinski definition) is 2. The zero-order valence-corrected chi connectivity index (χ0v) is 12.3. The third-order valence-corrected chi connectivity index (χ3v) is 3.38. The number of anilines is 2. The molecule has 2 rings (SSSR count). The summed E-state index contributed by atoms with van der Waals surface area (Å²) in [6.07, 6.45) is -0.0731. The highest BCUT2D eigenvalue weighted by Crippen LogP contribution is 2.27. The Morgan fingerprint density at radius 1 is 1.55 bits per heavy atom. The summed E-state index contributed by atoms with van der Waals surface area (Å²) >= 11 is 0. The molecule has 0 aromatic heterocycles. The smallest absolute Gasteiger partial charge is 0.414 e. The molecule has 1 heterocycles. The van der Waals surface area contributed by atoms with Gasteiger partial charge in [-0.05, 0) is 31.5 Å². The van der Waals surface area contributed by atoms with Gasteiger partial charge in [0.2, 0.25) is 0 Å². The van der Waals surface area contributed by atoms with Gasteiger partial charge in [-0.15, -0.1) is 0 Å². The monoisotopic (exact) mass is 310 g/mol. The molecule has 1 aliphatic heterocycles. The normalized spacial score (nSPS) is 17.5. The molecule has 1 atom stereocenters. The number of aliphatic hydroxyl groups excluding tert-OH is 1. The van der Waals surface area contributed by atoms with E-state index in [9.17, 15) is 14.0 Å². The molecule has 0 radical (unpaired) electrons. The molecule has 1 aromatic carbocycles. The van der Waals surface area contributed by atoms with Crippen molar-refractivity contribution in [3.8, 4) is 0 Å². The Balaban J connectivity index is 2.03. The van der Waals surface area contributed by atoms with Crippen molar-refractivity contribution in [1.29, 1.82) is 0 Å². The summed E-state index contributed by atoms with van der Waals surface area (Å²) < 4.78 is 19.1. The minimum absolute atomic E-state index is 0.0415. The van der Waals surface area contributed by atoms with Gasteiger partial charge in [-0.25, -0.2) is 9.18 Å². The Morgan fingerprint density at radius 3 is 2.95 bits per heavy atom. The highest BCUT2D eigenvalue weighted by molar-refractivity contribution is 5.90. The van der Waals surface area contributed by atoms with Crippen molar-refractivity contribution in [1.82, 2.24) is 0 Å². The average Bonchev–Trinajstić information content (AvgIpc) is 2.85. The van der Waals surface area contributed by atoms with Crippen LogP contribution in [-0.2, 0) is 9.53 Å². The van der Waals surface area contributed by atoms with Crippen molar-refractivity contribution in [3.63, 3.8) is 0 Å². The quantitative estimate of drug-likeness (QED) is 0.804. The van der Waals surface area contributed by atoms with Gasteiger partial charge >= 0.3 is 6.09 Å². The highest BCUT2D eigenvalue weighted by atomic mass is 19.1. The summed E-state index contributed by atoms with van der Waals surface area (Å²) in [5.41, 5.74) is 0.667. The predicted octanol–water partition coefficient (Wildman–Crippen LogP) is 1.92. The summed E-state index contributed by atoms with van der Waals surface area (Å²) in [6, 6.07) is 4.36. The first-order valence-corrected chi connectivity index (χ1v) is 7.13. The number of benzene rings is 1. The van der Waals surface area contributed by atoms with Crippen LogP contribution in [0.2, 0.25) is 0 Å². The van der Waals surface area contributed by atoms with Crippen LogP contribution in [0.4, 0.5) is 20.6 Å². The molecule has 1 saturated heterocycles. The Hall–Kier alpha value is -2.15. The first-order chi connectivity index (χ1) is 10.5. The molecule has 2 N–H and O–H groups in total. The molecule has 0 bridgehead atoms. The second kappa shape index (κ2) is 7.22. The summed E-state index contributed by atoms with van der Waals surface area (Å²) in [4.78, 5) is 24.2. The van der Waals surface area contributed by atoms with Crippen LogP contribution in [0.5, 0.6) is 0 Å². The van der Waals surface area contributed by atoms with Gasteiger partial charge in [0.25, 0.3) is 0 Å². The Bertz CT molecular complexity index is 564. The van der Waals surface area contributed by atoms with Gasteiger partial charge in [0.15, 0.2) is 0 Å². The van der Waals surface area contributed by atoms with Crippen molar-refractivity contribution in [3.05, 3.63) is 24.0 Å². The number of nitrogens with one attached hydrogen (secondary N) is 1. The van der Waals surface area contributed by atoms with Crippen LogP contribution in [0.1, 0.15) is 19.8 Å². The minimum atomic E-state index is -0.538. The van der Waals surface area contributed by atoms with E-state index < -0.39 is 11.9 Å². The number of cyclic esters (lactones) is 1. The lowest BCUT2D eigenvalue weighted by atomic mass is 10.1. The van der Waals surface area contributed by atoms with E-state index in [0.29, 0.717) is 25.1 Å².